The Morgan fingerprint density at radius 3 is 2.50 bits per heavy atom. The van der Waals surface area contributed by atoms with Gasteiger partial charge in [0.05, 0.1) is 13.0 Å². The van der Waals surface area contributed by atoms with Crippen LogP contribution in [0.1, 0.15) is 24.5 Å². The summed E-state index contributed by atoms with van der Waals surface area (Å²) in [6, 6.07) is 14.1. The minimum absolute atomic E-state index is 0.107. The van der Waals surface area contributed by atoms with E-state index < -0.39 is 11.4 Å². The molecule has 0 aliphatic carbocycles. The minimum Gasteiger partial charge on any atom is -0.372 e. The summed E-state index contributed by atoms with van der Waals surface area (Å²) in [6.07, 6.45) is 0.581. The summed E-state index contributed by atoms with van der Waals surface area (Å²) in [6.45, 7) is 2.30. The van der Waals surface area contributed by atoms with Crippen molar-refractivity contribution in [3.05, 3.63) is 70.5 Å². The van der Waals surface area contributed by atoms with E-state index in [1.165, 1.54) is 12.1 Å². The number of carbonyl (C=O) groups excluding carboxylic acids is 1. The van der Waals surface area contributed by atoms with Gasteiger partial charge in [0, 0.05) is 17.7 Å². The van der Waals surface area contributed by atoms with Crippen molar-refractivity contribution >= 4 is 17.5 Å². The molecule has 0 aromatic heterocycles. The highest BCUT2D eigenvalue weighted by molar-refractivity contribution is 6.31. The van der Waals surface area contributed by atoms with Gasteiger partial charge in [0.15, 0.2) is 0 Å². The van der Waals surface area contributed by atoms with Gasteiger partial charge in [-0.15, -0.1) is 0 Å². The smallest absolute Gasteiger partial charge is 0.224 e. The van der Waals surface area contributed by atoms with Crippen LogP contribution in [-0.2, 0) is 21.6 Å². The van der Waals surface area contributed by atoms with E-state index in [4.69, 9.17) is 16.3 Å². The number of hydrogen-bond donors (Lipinski definition) is 1. The Bertz CT molecular complexity index is 667. The van der Waals surface area contributed by atoms with E-state index in [0.29, 0.717) is 13.0 Å². The number of halogens is 2. The van der Waals surface area contributed by atoms with Crippen LogP contribution in [0.3, 0.4) is 0 Å². The fourth-order valence-electron chi connectivity index (χ4n) is 2.67. The first-order chi connectivity index (χ1) is 11.5. The lowest BCUT2D eigenvalue weighted by atomic mass is 9.90. The molecule has 0 saturated carbocycles. The van der Waals surface area contributed by atoms with Gasteiger partial charge in [0.2, 0.25) is 5.91 Å². The maximum absolute atomic E-state index is 13.8. The third-order valence-corrected chi connectivity index (χ3v) is 4.59. The number of amides is 1. The molecule has 2 aromatic carbocycles. The van der Waals surface area contributed by atoms with Crippen LogP contribution in [0.15, 0.2) is 48.5 Å². The number of nitrogens with one attached hydrogen (secondary N) is 1. The third kappa shape index (κ3) is 4.13. The maximum atomic E-state index is 13.8. The Morgan fingerprint density at radius 2 is 1.92 bits per heavy atom. The van der Waals surface area contributed by atoms with Gasteiger partial charge in [-0.25, -0.2) is 4.39 Å². The first-order valence-electron chi connectivity index (χ1n) is 7.82. The SMILES string of the molecule is CCC(CNC(=O)Cc1c(F)cccc1Cl)(OC)c1ccccc1. The van der Waals surface area contributed by atoms with Gasteiger partial charge in [-0.2, -0.15) is 0 Å². The summed E-state index contributed by atoms with van der Waals surface area (Å²) in [5.41, 5.74) is 0.575. The molecular formula is C19H21ClFNO2. The predicted molar refractivity (Wildman–Crippen MR) is 93.5 cm³/mol. The number of hydrogen-bond acceptors (Lipinski definition) is 2. The maximum Gasteiger partial charge on any atom is 0.224 e. The lowest BCUT2D eigenvalue weighted by molar-refractivity contribution is -0.122. The van der Waals surface area contributed by atoms with Gasteiger partial charge < -0.3 is 10.1 Å². The van der Waals surface area contributed by atoms with E-state index in [2.05, 4.69) is 5.32 Å². The van der Waals surface area contributed by atoms with E-state index in [1.807, 2.05) is 37.3 Å². The first-order valence-corrected chi connectivity index (χ1v) is 8.20. The molecule has 24 heavy (non-hydrogen) atoms. The molecule has 0 aliphatic rings. The third-order valence-electron chi connectivity index (χ3n) is 4.23. The van der Waals surface area contributed by atoms with Gasteiger partial charge in [-0.1, -0.05) is 54.9 Å². The molecule has 5 heteroatoms. The second kappa shape index (κ2) is 8.27. The molecular weight excluding hydrogens is 329 g/mol. The van der Waals surface area contributed by atoms with Crippen molar-refractivity contribution in [3.8, 4) is 0 Å². The van der Waals surface area contributed by atoms with Gasteiger partial charge in [-0.3, -0.25) is 4.79 Å². The first kappa shape index (κ1) is 18.4. The van der Waals surface area contributed by atoms with E-state index in [1.54, 1.807) is 13.2 Å². The molecule has 128 valence electrons. The molecule has 2 aromatic rings. The van der Waals surface area contributed by atoms with Gasteiger partial charge >= 0.3 is 0 Å². The van der Waals surface area contributed by atoms with Crippen molar-refractivity contribution in [2.75, 3.05) is 13.7 Å². The number of carbonyl (C=O) groups is 1. The van der Waals surface area contributed by atoms with Crippen LogP contribution >= 0.6 is 11.6 Å². The van der Waals surface area contributed by atoms with Crippen LogP contribution in [-0.4, -0.2) is 19.6 Å². The zero-order chi connectivity index (χ0) is 17.6. The van der Waals surface area contributed by atoms with Crippen molar-refractivity contribution in [2.45, 2.75) is 25.4 Å². The Morgan fingerprint density at radius 1 is 1.21 bits per heavy atom. The van der Waals surface area contributed by atoms with Crippen molar-refractivity contribution < 1.29 is 13.9 Å². The molecule has 0 radical (unpaired) electrons. The molecule has 0 saturated heterocycles. The molecule has 0 bridgehead atoms. The summed E-state index contributed by atoms with van der Waals surface area (Å²) < 4.78 is 19.5. The lowest BCUT2D eigenvalue weighted by Gasteiger charge is -2.32. The number of ether oxygens (including phenoxy) is 1. The summed E-state index contributed by atoms with van der Waals surface area (Å²) in [5, 5.41) is 3.09. The summed E-state index contributed by atoms with van der Waals surface area (Å²) in [7, 11) is 1.62. The van der Waals surface area contributed by atoms with Crippen molar-refractivity contribution in [1.29, 1.82) is 0 Å². The van der Waals surface area contributed by atoms with Crippen LogP contribution in [0.2, 0.25) is 5.02 Å². The highest BCUT2D eigenvalue weighted by atomic mass is 35.5. The van der Waals surface area contributed by atoms with Crippen molar-refractivity contribution in [3.63, 3.8) is 0 Å². The van der Waals surface area contributed by atoms with E-state index in [9.17, 15) is 9.18 Å². The largest absolute Gasteiger partial charge is 0.372 e. The monoisotopic (exact) mass is 349 g/mol. The Hall–Kier alpha value is -1.91. The van der Waals surface area contributed by atoms with E-state index in [-0.39, 0.29) is 22.9 Å². The molecule has 1 N–H and O–H groups in total. The lowest BCUT2D eigenvalue weighted by Crippen LogP contribution is -2.42. The van der Waals surface area contributed by atoms with Gasteiger partial charge in [-0.05, 0) is 24.1 Å². The number of rotatable bonds is 7. The van der Waals surface area contributed by atoms with Crippen LogP contribution in [0.25, 0.3) is 0 Å². The van der Waals surface area contributed by atoms with Crippen LogP contribution in [0, 0.1) is 5.82 Å². The molecule has 3 nitrogen and oxygen atoms in total. The van der Waals surface area contributed by atoms with E-state index >= 15 is 0 Å². The standard InChI is InChI=1S/C19H21ClFNO2/c1-3-19(24-2,14-8-5-4-6-9-14)13-22-18(23)12-15-16(20)10-7-11-17(15)21/h4-11H,3,12-13H2,1-2H3,(H,22,23). The summed E-state index contributed by atoms with van der Waals surface area (Å²) in [4.78, 5) is 12.2. The molecule has 1 unspecified atom stereocenters. The molecule has 0 heterocycles. The number of benzene rings is 2. The van der Waals surface area contributed by atoms with Gasteiger partial charge in [0.1, 0.15) is 11.4 Å². The Balaban J connectivity index is 2.08. The second-order valence-electron chi connectivity index (χ2n) is 5.57. The zero-order valence-corrected chi connectivity index (χ0v) is 14.6. The summed E-state index contributed by atoms with van der Waals surface area (Å²) in [5.74, 6) is -0.776. The fourth-order valence-corrected chi connectivity index (χ4v) is 2.90. The van der Waals surface area contributed by atoms with Crippen molar-refractivity contribution in [2.24, 2.45) is 0 Å². The fraction of sp³-hybridized carbons (Fsp3) is 0.316. The highest BCUT2D eigenvalue weighted by Gasteiger charge is 2.30. The molecule has 0 fully saturated rings. The normalized spacial score (nSPS) is 13.3. The van der Waals surface area contributed by atoms with Crippen molar-refractivity contribution in [1.82, 2.24) is 5.32 Å². The minimum atomic E-state index is -0.615. The predicted octanol–water partition coefficient (Wildman–Crippen LogP) is 4.09. The zero-order valence-electron chi connectivity index (χ0n) is 13.8. The van der Waals surface area contributed by atoms with Crippen LogP contribution in [0.5, 0.6) is 0 Å². The summed E-state index contributed by atoms with van der Waals surface area (Å²) >= 11 is 5.97. The molecule has 1 atom stereocenters. The topological polar surface area (TPSA) is 38.3 Å². The molecule has 0 aliphatic heterocycles. The van der Waals surface area contributed by atoms with Gasteiger partial charge in [0.25, 0.3) is 0 Å². The number of methoxy groups -OCH3 is 1. The van der Waals surface area contributed by atoms with Crippen LogP contribution < -0.4 is 5.32 Å². The highest BCUT2D eigenvalue weighted by Crippen LogP contribution is 2.28. The Kier molecular flexibility index (Phi) is 6.35. The Labute approximate surface area is 146 Å². The average Bonchev–Trinajstić information content (AvgIpc) is 2.60. The van der Waals surface area contributed by atoms with E-state index in [0.717, 1.165) is 5.56 Å². The molecule has 1 amide bonds. The average molecular weight is 350 g/mol. The van der Waals surface area contributed by atoms with Crippen LogP contribution in [0.4, 0.5) is 4.39 Å². The second-order valence-corrected chi connectivity index (χ2v) is 5.98. The quantitative estimate of drug-likeness (QED) is 0.817. The molecule has 0 spiro atoms. The molecule has 2 rings (SSSR count).